The molecule has 0 aliphatic carbocycles. The molecule has 0 spiro atoms. The normalized spacial score (nSPS) is 14.5. The van der Waals surface area contributed by atoms with E-state index in [4.69, 9.17) is 21.7 Å². The van der Waals surface area contributed by atoms with Crippen molar-refractivity contribution in [3.05, 3.63) is 34.3 Å². The lowest BCUT2D eigenvalue weighted by molar-refractivity contribution is 0.310. The average molecular weight is 168 g/mol. The van der Waals surface area contributed by atoms with Gasteiger partial charge >= 0.3 is 0 Å². The number of rotatable bonds is 0. The highest BCUT2D eigenvalue weighted by Gasteiger charge is 2.19. The Bertz CT molecular complexity index is 322. The van der Waals surface area contributed by atoms with Gasteiger partial charge in [0, 0.05) is 5.56 Å². The van der Waals surface area contributed by atoms with Crippen molar-refractivity contribution in [3.63, 3.8) is 0 Å². The van der Waals surface area contributed by atoms with Gasteiger partial charge in [-0.15, -0.1) is 0 Å². The van der Waals surface area contributed by atoms with Gasteiger partial charge in [-0.25, -0.2) is 0 Å². The number of hydrogen-bond acceptors (Lipinski definition) is 2. The van der Waals surface area contributed by atoms with Gasteiger partial charge < -0.3 is 4.74 Å². The second-order valence-electron chi connectivity index (χ2n) is 2.39. The van der Waals surface area contributed by atoms with Gasteiger partial charge in [0.2, 0.25) is 5.90 Å². The van der Waals surface area contributed by atoms with Crippen LogP contribution in [0.25, 0.3) is 0 Å². The zero-order chi connectivity index (χ0) is 7.84. The van der Waals surface area contributed by atoms with E-state index >= 15 is 0 Å². The summed E-state index contributed by atoms with van der Waals surface area (Å²) >= 11 is 5.84. The van der Waals surface area contributed by atoms with E-state index in [2.05, 4.69) is 0 Å². The van der Waals surface area contributed by atoms with Crippen LogP contribution in [0.5, 0.6) is 0 Å². The van der Waals surface area contributed by atoms with Crippen molar-refractivity contribution in [1.29, 1.82) is 5.41 Å². The van der Waals surface area contributed by atoms with Gasteiger partial charge in [-0.05, 0) is 6.07 Å². The Kier molecular flexibility index (Phi) is 1.36. The summed E-state index contributed by atoms with van der Waals surface area (Å²) < 4.78 is 5.00. The topological polar surface area (TPSA) is 33.1 Å². The van der Waals surface area contributed by atoms with Crippen LogP contribution in [0.4, 0.5) is 0 Å². The van der Waals surface area contributed by atoms with Gasteiger partial charge in [-0.3, -0.25) is 5.41 Å². The highest BCUT2D eigenvalue weighted by atomic mass is 35.5. The van der Waals surface area contributed by atoms with Gasteiger partial charge in [-0.1, -0.05) is 23.7 Å². The van der Waals surface area contributed by atoms with E-state index in [1.807, 2.05) is 12.1 Å². The smallest absolute Gasteiger partial charge is 0.215 e. The van der Waals surface area contributed by atoms with Crippen molar-refractivity contribution >= 4 is 17.5 Å². The Labute approximate surface area is 69.3 Å². The molecule has 2 nitrogen and oxygen atoms in total. The first-order valence-electron chi connectivity index (χ1n) is 3.28. The van der Waals surface area contributed by atoms with Gasteiger partial charge in [0.25, 0.3) is 0 Å². The lowest BCUT2D eigenvalue weighted by Crippen LogP contribution is -1.94. The van der Waals surface area contributed by atoms with E-state index in [0.29, 0.717) is 11.6 Å². The van der Waals surface area contributed by atoms with Crippen molar-refractivity contribution in [2.24, 2.45) is 0 Å². The van der Waals surface area contributed by atoms with Gasteiger partial charge in [0.15, 0.2) is 0 Å². The molecule has 1 aromatic carbocycles. The zero-order valence-corrected chi connectivity index (χ0v) is 6.48. The molecule has 0 unspecified atom stereocenters. The highest BCUT2D eigenvalue weighted by molar-refractivity contribution is 6.34. The molecule has 0 atom stereocenters. The van der Waals surface area contributed by atoms with Crippen molar-refractivity contribution < 1.29 is 4.74 Å². The van der Waals surface area contributed by atoms with Gasteiger partial charge in [0.05, 0.1) is 10.6 Å². The van der Waals surface area contributed by atoms with Crippen LogP contribution in [0, 0.1) is 5.41 Å². The summed E-state index contributed by atoms with van der Waals surface area (Å²) in [4.78, 5) is 0. The molecular weight excluding hydrogens is 162 g/mol. The number of fused-ring (bicyclic) bond motifs is 1. The number of benzene rings is 1. The van der Waals surface area contributed by atoms with E-state index in [1.54, 1.807) is 6.07 Å². The molecule has 1 aliphatic rings. The lowest BCUT2D eigenvalue weighted by atomic mass is 10.1. The molecule has 1 N–H and O–H groups in total. The van der Waals surface area contributed by atoms with E-state index in [1.165, 1.54) is 0 Å². The number of hydrogen-bond donors (Lipinski definition) is 1. The molecule has 0 radical (unpaired) electrons. The summed E-state index contributed by atoms with van der Waals surface area (Å²) in [5.74, 6) is 0.186. The largest absolute Gasteiger partial charge is 0.473 e. The molecule has 0 fully saturated rings. The van der Waals surface area contributed by atoms with E-state index in [9.17, 15) is 0 Å². The SMILES string of the molecule is N=C1OCc2cccc(Cl)c21. The Hall–Kier alpha value is -1.02. The minimum Gasteiger partial charge on any atom is -0.473 e. The van der Waals surface area contributed by atoms with E-state index in [-0.39, 0.29) is 5.90 Å². The summed E-state index contributed by atoms with van der Waals surface area (Å²) in [6.07, 6.45) is 0. The van der Waals surface area contributed by atoms with Crippen LogP contribution in [0.2, 0.25) is 5.02 Å². The Morgan fingerprint density at radius 2 is 2.27 bits per heavy atom. The summed E-state index contributed by atoms with van der Waals surface area (Å²) in [6, 6.07) is 5.55. The Morgan fingerprint density at radius 1 is 1.45 bits per heavy atom. The third-order valence-electron chi connectivity index (χ3n) is 1.70. The molecule has 0 saturated carbocycles. The molecule has 1 aromatic rings. The molecule has 1 aliphatic heterocycles. The summed E-state index contributed by atoms with van der Waals surface area (Å²) in [7, 11) is 0. The molecular formula is C8H6ClNO. The molecule has 3 heteroatoms. The summed E-state index contributed by atoms with van der Waals surface area (Å²) in [5, 5.41) is 7.97. The number of ether oxygens (including phenoxy) is 1. The molecule has 56 valence electrons. The van der Waals surface area contributed by atoms with Gasteiger partial charge in [-0.2, -0.15) is 0 Å². The summed E-state index contributed by atoms with van der Waals surface area (Å²) in [5.41, 5.74) is 1.75. The zero-order valence-electron chi connectivity index (χ0n) is 5.73. The molecule has 0 bridgehead atoms. The van der Waals surface area contributed by atoms with Gasteiger partial charge in [0.1, 0.15) is 6.61 Å². The molecule has 0 amide bonds. The predicted octanol–water partition coefficient (Wildman–Crippen LogP) is 2.20. The average Bonchev–Trinajstić information content (AvgIpc) is 2.34. The lowest BCUT2D eigenvalue weighted by Gasteiger charge is -1.96. The molecule has 1 heterocycles. The third kappa shape index (κ3) is 0.906. The maximum absolute atomic E-state index is 7.36. The predicted molar refractivity (Wildman–Crippen MR) is 43.1 cm³/mol. The van der Waals surface area contributed by atoms with E-state index < -0.39 is 0 Å². The molecule has 0 aromatic heterocycles. The van der Waals surface area contributed by atoms with E-state index in [0.717, 1.165) is 11.1 Å². The van der Waals surface area contributed by atoms with Crippen molar-refractivity contribution in [2.75, 3.05) is 0 Å². The van der Waals surface area contributed by atoms with Crippen molar-refractivity contribution in [1.82, 2.24) is 0 Å². The van der Waals surface area contributed by atoms with Crippen LogP contribution < -0.4 is 0 Å². The van der Waals surface area contributed by atoms with Crippen LogP contribution in [-0.2, 0) is 11.3 Å². The fraction of sp³-hybridized carbons (Fsp3) is 0.125. The highest BCUT2D eigenvalue weighted by Crippen LogP contribution is 2.26. The monoisotopic (exact) mass is 167 g/mol. The molecule has 11 heavy (non-hydrogen) atoms. The fourth-order valence-corrected chi connectivity index (χ4v) is 1.45. The quantitative estimate of drug-likeness (QED) is 0.632. The maximum Gasteiger partial charge on any atom is 0.215 e. The minimum absolute atomic E-state index is 0.186. The van der Waals surface area contributed by atoms with Crippen molar-refractivity contribution in [3.8, 4) is 0 Å². The first-order valence-corrected chi connectivity index (χ1v) is 3.66. The van der Waals surface area contributed by atoms with Crippen LogP contribution >= 0.6 is 11.6 Å². The van der Waals surface area contributed by atoms with Crippen LogP contribution in [-0.4, -0.2) is 5.90 Å². The maximum atomic E-state index is 7.36. The number of nitrogens with one attached hydrogen (secondary N) is 1. The third-order valence-corrected chi connectivity index (χ3v) is 2.01. The standard InChI is InChI=1S/C8H6ClNO/c9-6-3-1-2-5-4-11-8(10)7(5)6/h1-3,10H,4H2. The minimum atomic E-state index is 0.186. The Morgan fingerprint density at radius 3 is 3.00 bits per heavy atom. The second-order valence-corrected chi connectivity index (χ2v) is 2.80. The fourth-order valence-electron chi connectivity index (χ4n) is 1.17. The molecule has 0 saturated heterocycles. The Balaban J connectivity index is 2.68. The van der Waals surface area contributed by atoms with Crippen LogP contribution in [0.1, 0.15) is 11.1 Å². The van der Waals surface area contributed by atoms with Crippen LogP contribution in [0.15, 0.2) is 18.2 Å². The van der Waals surface area contributed by atoms with Crippen molar-refractivity contribution in [2.45, 2.75) is 6.61 Å². The second kappa shape index (κ2) is 2.24. The first-order chi connectivity index (χ1) is 5.29. The van der Waals surface area contributed by atoms with Crippen LogP contribution in [0.3, 0.4) is 0 Å². The first kappa shape index (κ1) is 6.68. The summed E-state index contributed by atoms with van der Waals surface area (Å²) in [6.45, 7) is 0.481. The number of halogens is 1. The molecule has 2 rings (SSSR count).